The van der Waals surface area contributed by atoms with E-state index in [0.717, 1.165) is 16.9 Å². The Bertz CT molecular complexity index is 404. The first-order valence-corrected chi connectivity index (χ1v) is 6.78. The van der Waals surface area contributed by atoms with Gasteiger partial charge in [0.05, 0.1) is 0 Å². The molecule has 3 heteroatoms. The minimum Gasteiger partial charge on any atom is -0.507 e. The Labute approximate surface area is 116 Å². The number of phenolic OH excluding ortho intramolecular Hbond substituents is 1. The Kier molecular flexibility index (Phi) is 4.51. The van der Waals surface area contributed by atoms with Crippen LogP contribution in [0.3, 0.4) is 0 Å². The van der Waals surface area contributed by atoms with E-state index in [-0.39, 0.29) is 10.8 Å². The number of benzene rings is 1. The molecule has 1 rings (SSSR count). The summed E-state index contributed by atoms with van der Waals surface area (Å²) >= 11 is 0. The quantitative estimate of drug-likeness (QED) is 0.881. The topological polar surface area (TPSA) is 55.5 Å². The Morgan fingerprint density at radius 3 is 1.74 bits per heavy atom. The second kappa shape index (κ2) is 5.41. The highest BCUT2D eigenvalue weighted by Gasteiger charge is 2.26. The molecule has 0 radical (unpaired) electrons. The van der Waals surface area contributed by atoms with Crippen molar-refractivity contribution in [1.82, 2.24) is 0 Å². The summed E-state index contributed by atoms with van der Waals surface area (Å²) in [6.07, 6.45) is 0. The van der Waals surface area contributed by atoms with Crippen molar-refractivity contribution in [3.05, 3.63) is 23.3 Å². The fourth-order valence-corrected chi connectivity index (χ4v) is 2.01. The third-order valence-electron chi connectivity index (χ3n) is 3.09. The van der Waals surface area contributed by atoms with E-state index >= 15 is 0 Å². The Morgan fingerprint density at radius 2 is 1.42 bits per heavy atom. The lowest BCUT2D eigenvalue weighted by atomic mass is 9.79. The molecule has 0 bridgehead atoms. The molecule has 0 heterocycles. The van der Waals surface area contributed by atoms with Gasteiger partial charge < -0.3 is 15.6 Å². The van der Waals surface area contributed by atoms with Crippen LogP contribution in [0.1, 0.15) is 52.7 Å². The summed E-state index contributed by atoms with van der Waals surface area (Å²) in [6, 6.07) is 3.83. The fourth-order valence-electron chi connectivity index (χ4n) is 2.01. The maximum atomic E-state index is 10.5. The van der Waals surface area contributed by atoms with E-state index in [1.165, 1.54) is 0 Å². The van der Waals surface area contributed by atoms with Crippen molar-refractivity contribution in [2.24, 2.45) is 5.73 Å². The first-order valence-electron chi connectivity index (χ1n) is 6.78. The van der Waals surface area contributed by atoms with Gasteiger partial charge in [-0.1, -0.05) is 41.5 Å². The summed E-state index contributed by atoms with van der Waals surface area (Å²) in [5.74, 6) is 1.15. The number of ether oxygens (including phenoxy) is 1. The van der Waals surface area contributed by atoms with Crippen LogP contribution in [0.25, 0.3) is 0 Å². The number of rotatable bonds is 3. The molecule has 0 aromatic heterocycles. The third-order valence-corrected chi connectivity index (χ3v) is 3.09. The van der Waals surface area contributed by atoms with Crippen LogP contribution in [-0.2, 0) is 10.8 Å². The summed E-state index contributed by atoms with van der Waals surface area (Å²) in [4.78, 5) is 0. The van der Waals surface area contributed by atoms with E-state index in [2.05, 4.69) is 41.5 Å². The van der Waals surface area contributed by atoms with Gasteiger partial charge in [-0.15, -0.1) is 0 Å². The molecule has 0 amide bonds. The van der Waals surface area contributed by atoms with Crippen LogP contribution >= 0.6 is 0 Å². The van der Waals surface area contributed by atoms with Crippen LogP contribution < -0.4 is 10.5 Å². The number of aromatic hydroxyl groups is 1. The van der Waals surface area contributed by atoms with Gasteiger partial charge in [-0.3, -0.25) is 0 Å². The molecule has 0 aliphatic heterocycles. The van der Waals surface area contributed by atoms with Gasteiger partial charge in [-0.2, -0.15) is 0 Å². The summed E-state index contributed by atoms with van der Waals surface area (Å²) in [7, 11) is 0. The molecule has 0 atom stereocenters. The van der Waals surface area contributed by atoms with Gasteiger partial charge >= 0.3 is 0 Å². The van der Waals surface area contributed by atoms with Gasteiger partial charge in [0.25, 0.3) is 0 Å². The number of phenols is 1. The molecule has 0 spiro atoms. The predicted molar refractivity (Wildman–Crippen MR) is 80.1 cm³/mol. The van der Waals surface area contributed by atoms with Crippen molar-refractivity contribution in [1.29, 1.82) is 0 Å². The van der Waals surface area contributed by atoms with Crippen LogP contribution in [0.5, 0.6) is 11.5 Å². The van der Waals surface area contributed by atoms with E-state index in [9.17, 15) is 5.11 Å². The lowest BCUT2D eigenvalue weighted by Gasteiger charge is -2.28. The normalized spacial score (nSPS) is 12.6. The largest absolute Gasteiger partial charge is 0.507 e. The molecule has 19 heavy (non-hydrogen) atoms. The van der Waals surface area contributed by atoms with Crippen LogP contribution in [0, 0.1) is 0 Å². The van der Waals surface area contributed by atoms with E-state index in [0.29, 0.717) is 18.9 Å². The molecule has 0 fully saturated rings. The summed E-state index contributed by atoms with van der Waals surface area (Å²) in [5.41, 5.74) is 7.03. The van der Waals surface area contributed by atoms with Crippen molar-refractivity contribution in [3.63, 3.8) is 0 Å². The standard InChI is InChI=1S/C16H27NO2/c1-15(2,3)12-9-11(19-8-7-17)10-13(14(12)18)16(4,5)6/h9-10,18H,7-8,17H2,1-6H3. The summed E-state index contributed by atoms with van der Waals surface area (Å²) in [5, 5.41) is 10.5. The maximum Gasteiger partial charge on any atom is 0.123 e. The lowest BCUT2D eigenvalue weighted by Crippen LogP contribution is -2.18. The van der Waals surface area contributed by atoms with Crippen LogP contribution in [0.2, 0.25) is 0 Å². The number of hydrogen-bond donors (Lipinski definition) is 2. The zero-order valence-corrected chi connectivity index (χ0v) is 13.0. The van der Waals surface area contributed by atoms with E-state index in [1.54, 1.807) is 0 Å². The van der Waals surface area contributed by atoms with Crippen molar-refractivity contribution in [3.8, 4) is 11.5 Å². The average molecular weight is 265 g/mol. The van der Waals surface area contributed by atoms with Gasteiger partial charge in [0.15, 0.2) is 0 Å². The molecule has 0 saturated carbocycles. The minimum atomic E-state index is -0.133. The highest BCUT2D eigenvalue weighted by Crippen LogP contribution is 2.41. The predicted octanol–water partition coefficient (Wildman–Crippen LogP) is 3.32. The van der Waals surface area contributed by atoms with E-state index in [4.69, 9.17) is 10.5 Å². The van der Waals surface area contributed by atoms with Crippen LogP contribution in [-0.4, -0.2) is 18.3 Å². The maximum absolute atomic E-state index is 10.5. The van der Waals surface area contributed by atoms with E-state index in [1.807, 2.05) is 12.1 Å². The molecule has 3 nitrogen and oxygen atoms in total. The Morgan fingerprint density at radius 1 is 1.00 bits per heavy atom. The number of hydrogen-bond acceptors (Lipinski definition) is 3. The minimum absolute atomic E-state index is 0.133. The molecule has 0 saturated heterocycles. The average Bonchev–Trinajstić information content (AvgIpc) is 2.24. The number of nitrogens with two attached hydrogens (primary N) is 1. The highest BCUT2D eigenvalue weighted by atomic mass is 16.5. The zero-order chi connectivity index (χ0) is 14.8. The Balaban J connectivity index is 3.39. The molecule has 3 N–H and O–H groups in total. The molecule has 0 aliphatic carbocycles. The van der Waals surface area contributed by atoms with Crippen molar-refractivity contribution in [2.45, 2.75) is 52.4 Å². The molecule has 0 aliphatic rings. The van der Waals surface area contributed by atoms with E-state index < -0.39 is 0 Å². The highest BCUT2D eigenvalue weighted by molar-refractivity contribution is 5.51. The molecular weight excluding hydrogens is 238 g/mol. The Hall–Kier alpha value is -1.22. The third kappa shape index (κ3) is 3.87. The second-order valence-corrected chi connectivity index (χ2v) is 7.00. The van der Waals surface area contributed by atoms with Gasteiger partial charge in [-0.25, -0.2) is 0 Å². The molecule has 0 unspecified atom stereocenters. The summed E-state index contributed by atoms with van der Waals surface area (Å²) < 4.78 is 5.65. The van der Waals surface area contributed by atoms with Crippen molar-refractivity contribution < 1.29 is 9.84 Å². The monoisotopic (exact) mass is 265 g/mol. The SMILES string of the molecule is CC(C)(C)c1cc(OCCN)cc(C(C)(C)C)c1O. The molecule has 1 aromatic rings. The molecule has 108 valence electrons. The van der Waals surface area contributed by atoms with Gasteiger partial charge in [0.1, 0.15) is 18.1 Å². The van der Waals surface area contributed by atoms with Gasteiger partial charge in [-0.05, 0) is 23.0 Å². The van der Waals surface area contributed by atoms with Gasteiger partial charge in [0.2, 0.25) is 0 Å². The van der Waals surface area contributed by atoms with Gasteiger partial charge in [0, 0.05) is 17.7 Å². The van der Waals surface area contributed by atoms with Crippen LogP contribution in [0.15, 0.2) is 12.1 Å². The smallest absolute Gasteiger partial charge is 0.123 e. The lowest BCUT2D eigenvalue weighted by molar-refractivity contribution is 0.324. The molecule has 1 aromatic carbocycles. The van der Waals surface area contributed by atoms with Crippen LogP contribution in [0.4, 0.5) is 0 Å². The molecular formula is C16H27NO2. The fraction of sp³-hybridized carbons (Fsp3) is 0.625. The first kappa shape index (κ1) is 15.8. The zero-order valence-electron chi connectivity index (χ0n) is 13.0. The van der Waals surface area contributed by atoms with Crippen molar-refractivity contribution in [2.75, 3.05) is 13.2 Å². The second-order valence-electron chi connectivity index (χ2n) is 7.00. The first-order chi connectivity index (χ1) is 8.57. The summed E-state index contributed by atoms with van der Waals surface area (Å²) in [6.45, 7) is 13.5. The van der Waals surface area contributed by atoms with Crippen molar-refractivity contribution >= 4 is 0 Å².